The van der Waals surface area contributed by atoms with Crippen molar-refractivity contribution in [2.24, 2.45) is 0 Å². The second-order valence-electron chi connectivity index (χ2n) is 7.48. The fourth-order valence-corrected chi connectivity index (χ4v) is 4.17. The van der Waals surface area contributed by atoms with Gasteiger partial charge >= 0.3 is 0 Å². The fraction of sp³-hybridized carbons (Fsp3) is 0. The number of anilines is 1. The van der Waals surface area contributed by atoms with Gasteiger partial charge in [-0.05, 0) is 66.7 Å². The lowest BCUT2D eigenvalue weighted by Gasteiger charge is -2.07. The Hall–Kier alpha value is -3.51. The zero-order chi connectivity index (χ0) is 23.7. The molecule has 2 heterocycles. The standard InChI is InChI=1S/C26H16Cl3N3O2/c27-17-11-16(12-18(28)14-17)24-9-6-19(34-24)7-10-25(33)30-23-13-15(5-8-20(23)29)26-31-21-3-1-2-4-22(21)32-26/h1-14H,(H,30,33)(H,31,32)/b10-7+. The maximum atomic E-state index is 12.5. The number of hydrogen-bond acceptors (Lipinski definition) is 3. The predicted octanol–water partition coefficient (Wildman–Crippen LogP) is 8.10. The molecule has 0 saturated carbocycles. The molecule has 0 fully saturated rings. The van der Waals surface area contributed by atoms with E-state index in [0.29, 0.717) is 38.1 Å². The van der Waals surface area contributed by atoms with Crippen LogP contribution < -0.4 is 5.32 Å². The van der Waals surface area contributed by atoms with Crippen LogP contribution in [0.3, 0.4) is 0 Å². The molecule has 5 nitrogen and oxygen atoms in total. The first kappa shape index (κ1) is 22.3. The maximum absolute atomic E-state index is 12.5. The average Bonchev–Trinajstić information content (AvgIpc) is 3.46. The quantitative estimate of drug-likeness (QED) is 0.236. The molecule has 34 heavy (non-hydrogen) atoms. The van der Waals surface area contributed by atoms with E-state index in [9.17, 15) is 4.79 Å². The second-order valence-corrected chi connectivity index (χ2v) is 8.76. The first-order valence-electron chi connectivity index (χ1n) is 10.2. The van der Waals surface area contributed by atoms with Gasteiger partial charge in [0.05, 0.1) is 21.7 Å². The largest absolute Gasteiger partial charge is 0.457 e. The first-order valence-corrected chi connectivity index (χ1v) is 11.4. The molecule has 0 atom stereocenters. The maximum Gasteiger partial charge on any atom is 0.248 e. The number of benzene rings is 3. The molecule has 8 heteroatoms. The number of para-hydroxylation sites is 2. The first-order chi connectivity index (χ1) is 16.4. The minimum atomic E-state index is -0.354. The van der Waals surface area contributed by atoms with E-state index in [-0.39, 0.29) is 5.91 Å². The fourth-order valence-electron chi connectivity index (χ4n) is 3.48. The Kier molecular flexibility index (Phi) is 6.16. The van der Waals surface area contributed by atoms with Gasteiger partial charge in [0, 0.05) is 27.2 Å². The highest BCUT2D eigenvalue weighted by atomic mass is 35.5. The van der Waals surface area contributed by atoms with Gasteiger partial charge < -0.3 is 14.7 Å². The summed E-state index contributed by atoms with van der Waals surface area (Å²) in [6.07, 6.45) is 2.94. The lowest BCUT2D eigenvalue weighted by atomic mass is 10.2. The normalized spacial score (nSPS) is 11.4. The van der Waals surface area contributed by atoms with Crippen LogP contribution in [0.5, 0.6) is 0 Å². The molecular weight excluding hydrogens is 493 g/mol. The molecule has 0 aliphatic carbocycles. The number of nitrogens with one attached hydrogen (secondary N) is 2. The van der Waals surface area contributed by atoms with Crippen LogP contribution in [0.1, 0.15) is 5.76 Å². The molecule has 0 aliphatic rings. The van der Waals surface area contributed by atoms with Crippen LogP contribution in [-0.2, 0) is 4.79 Å². The molecule has 5 aromatic rings. The molecule has 0 saturated heterocycles. The number of halogens is 3. The topological polar surface area (TPSA) is 70.9 Å². The number of carbonyl (C=O) groups is 1. The van der Waals surface area contributed by atoms with Crippen LogP contribution in [0, 0.1) is 0 Å². The molecular formula is C26H16Cl3N3O2. The summed E-state index contributed by atoms with van der Waals surface area (Å²) in [6.45, 7) is 0. The van der Waals surface area contributed by atoms with Gasteiger partial charge in [0.25, 0.3) is 0 Å². The second kappa shape index (κ2) is 9.39. The third kappa shape index (κ3) is 4.87. The van der Waals surface area contributed by atoms with Gasteiger partial charge in [0.15, 0.2) is 0 Å². The van der Waals surface area contributed by atoms with Gasteiger partial charge in [0.1, 0.15) is 17.3 Å². The van der Waals surface area contributed by atoms with Gasteiger partial charge in [0.2, 0.25) is 5.91 Å². The highest BCUT2D eigenvalue weighted by Crippen LogP contribution is 2.30. The van der Waals surface area contributed by atoms with Gasteiger partial charge in [-0.15, -0.1) is 0 Å². The molecule has 0 unspecified atom stereocenters. The van der Waals surface area contributed by atoms with Crippen molar-refractivity contribution in [2.45, 2.75) is 0 Å². The predicted molar refractivity (Wildman–Crippen MR) is 138 cm³/mol. The molecule has 5 rings (SSSR count). The van der Waals surface area contributed by atoms with E-state index in [1.165, 1.54) is 6.08 Å². The van der Waals surface area contributed by atoms with Crippen molar-refractivity contribution < 1.29 is 9.21 Å². The number of nitrogens with zero attached hydrogens (tertiary/aromatic N) is 1. The number of aromatic nitrogens is 2. The molecule has 168 valence electrons. The van der Waals surface area contributed by atoms with Crippen LogP contribution >= 0.6 is 34.8 Å². The van der Waals surface area contributed by atoms with Gasteiger partial charge in [-0.2, -0.15) is 0 Å². The summed E-state index contributed by atoms with van der Waals surface area (Å²) in [5, 5.41) is 4.24. The number of rotatable bonds is 5. The highest BCUT2D eigenvalue weighted by Gasteiger charge is 2.10. The van der Waals surface area contributed by atoms with E-state index in [2.05, 4.69) is 15.3 Å². The van der Waals surface area contributed by atoms with Gasteiger partial charge in [-0.25, -0.2) is 4.98 Å². The Morgan fingerprint density at radius 2 is 1.71 bits per heavy atom. The van der Waals surface area contributed by atoms with Crippen molar-refractivity contribution in [3.05, 3.63) is 99.7 Å². The molecule has 2 aromatic heterocycles. The number of imidazole rings is 1. The Morgan fingerprint density at radius 3 is 2.50 bits per heavy atom. The SMILES string of the molecule is O=C(/C=C/c1ccc(-c2cc(Cl)cc(Cl)c2)o1)Nc1cc(-c2nc3ccccc3[nH]2)ccc1Cl. The summed E-state index contributed by atoms with van der Waals surface area (Å²) in [7, 11) is 0. The molecule has 2 N–H and O–H groups in total. The minimum absolute atomic E-state index is 0.354. The summed E-state index contributed by atoms with van der Waals surface area (Å²) in [5.74, 6) is 1.43. The Morgan fingerprint density at radius 1 is 0.912 bits per heavy atom. The van der Waals surface area contributed by atoms with Crippen molar-refractivity contribution >= 4 is 63.5 Å². The lowest BCUT2D eigenvalue weighted by Crippen LogP contribution is -2.08. The van der Waals surface area contributed by atoms with E-state index >= 15 is 0 Å². The molecule has 3 aromatic carbocycles. The number of hydrogen-bond donors (Lipinski definition) is 2. The van der Waals surface area contributed by atoms with Crippen molar-refractivity contribution in [3.63, 3.8) is 0 Å². The summed E-state index contributed by atoms with van der Waals surface area (Å²) < 4.78 is 5.79. The van der Waals surface area contributed by atoms with Crippen LogP contribution in [0.2, 0.25) is 15.1 Å². The van der Waals surface area contributed by atoms with E-state index < -0.39 is 0 Å². The monoisotopic (exact) mass is 507 g/mol. The van der Waals surface area contributed by atoms with Crippen LogP contribution in [0.25, 0.3) is 39.8 Å². The van der Waals surface area contributed by atoms with E-state index in [0.717, 1.165) is 22.2 Å². The number of amides is 1. The smallest absolute Gasteiger partial charge is 0.248 e. The number of aromatic amines is 1. The summed E-state index contributed by atoms with van der Waals surface area (Å²) in [5.41, 5.74) is 3.81. The number of H-pyrrole nitrogens is 1. The zero-order valence-electron chi connectivity index (χ0n) is 17.5. The van der Waals surface area contributed by atoms with Crippen molar-refractivity contribution in [3.8, 4) is 22.7 Å². The van der Waals surface area contributed by atoms with E-state index in [4.69, 9.17) is 39.2 Å². The van der Waals surface area contributed by atoms with Crippen molar-refractivity contribution in [2.75, 3.05) is 5.32 Å². The Balaban J connectivity index is 1.32. The number of carbonyl (C=O) groups excluding carboxylic acids is 1. The summed E-state index contributed by atoms with van der Waals surface area (Å²) in [6, 6.07) is 21.8. The third-order valence-electron chi connectivity index (χ3n) is 5.06. The van der Waals surface area contributed by atoms with Crippen LogP contribution in [0.15, 0.2) is 83.3 Å². The minimum Gasteiger partial charge on any atom is -0.457 e. The number of fused-ring (bicyclic) bond motifs is 1. The Labute approximate surface area is 210 Å². The van der Waals surface area contributed by atoms with E-state index in [1.54, 1.807) is 48.5 Å². The number of furan rings is 1. The molecule has 0 spiro atoms. The molecule has 0 radical (unpaired) electrons. The van der Waals surface area contributed by atoms with Gasteiger partial charge in [-0.1, -0.05) is 46.9 Å². The average molecular weight is 509 g/mol. The zero-order valence-corrected chi connectivity index (χ0v) is 19.7. The van der Waals surface area contributed by atoms with Crippen molar-refractivity contribution in [1.82, 2.24) is 9.97 Å². The van der Waals surface area contributed by atoms with E-state index in [1.807, 2.05) is 30.3 Å². The summed E-state index contributed by atoms with van der Waals surface area (Å²) in [4.78, 5) is 20.4. The molecule has 0 bridgehead atoms. The van der Waals surface area contributed by atoms with Gasteiger partial charge in [-0.3, -0.25) is 4.79 Å². The van der Waals surface area contributed by atoms with Crippen LogP contribution in [-0.4, -0.2) is 15.9 Å². The summed E-state index contributed by atoms with van der Waals surface area (Å²) >= 11 is 18.4. The molecule has 0 aliphatic heterocycles. The Bertz CT molecular complexity index is 1500. The van der Waals surface area contributed by atoms with Crippen LogP contribution in [0.4, 0.5) is 5.69 Å². The molecule has 1 amide bonds. The highest BCUT2D eigenvalue weighted by molar-refractivity contribution is 6.35. The van der Waals surface area contributed by atoms with Crippen molar-refractivity contribution in [1.29, 1.82) is 0 Å². The lowest BCUT2D eigenvalue weighted by molar-refractivity contribution is -0.111. The third-order valence-corrected chi connectivity index (χ3v) is 5.83.